The highest BCUT2D eigenvalue weighted by Crippen LogP contribution is 2.31. The predicted octanol–water partition coefficient (Wildman–Crippen LogP) is 1.05. The number of carboxylic acids is 1. The number of carboxylic acid groups (broad SMARTS) is 1. The summed E-state index contributed by atoms with van der Waals surface area (Å²) in [5.41, 5.74) is 5.28. The zero-order chi connectivity index (χ0) is 14.5. The number of ether oxygens (including phenoxy) is 1. The zero-order valence-corrected chi connectivity index (χ0v) is 11.6. The molecule has 0 heterocycles. The molecule has 0 radical (unpaired) electrons. The average Bonchev–Trinajstić information content (AvgIpc) is 2.45. The molecule has 0 aromatic heterocycles. The summed E-state index contributed by atoms with van der Waals surface area (Å²) in [7, 11) is 1.66. The minimum Gasteiger partial charge on any atom is -0.550 e. The first kappa shape index (κ1) is 14.3. The third-order valence-electron chi connectivity index (χ3n) is 3.51. The van der Waals surface area contributed by atoms with E-state index in [0.29, 0.717) is 6.42 Å². The van der Waals surface area contributed by atoms with Crippen LogP contribution in [0.25, 0.3) is 10.8 Å². The Hall–Kier alpha value is -2.07. The van der Waals surface area contributed by atoms with E-state index in [1.165, 1.54) is 0 Å². The van der Waals surface area contributed by atoms with Crippen LogP contribution in [0, 0.1) is 0 Å². The van der Waals surface area contributed by atoms with Crippen LogP contribution in [-0.2, 0) is 4.79 Å². The van der Waals surface area contributed by atoms with Gasteiger partial charge in [-0.15, -0.1) is 0 Å². The van der Waals surface area contributed by atoms with E-state index in [4.69, 9.17) is 4.74 Å². The van der Waals surface area contributed by atoms with Crippen molar-refractivity contribution in [1.29, 1.82) is 0 Å². The molecule has 4 nitrogen and oxygen atoms in total. The second-order valence-corrected chi connectivity index (χ2v) is 4.86. The predicted molar refractivity (Wildman–Crippen MR) is 75.0 cm³/mol. The van der Waals surface area contributed by atoms with Gasteiger partial charge in [-0.2, -0.15) is 0 Å². The molecule has 0 aliphatic heterocycles. The van der Waals surface area contributed by atoms with Gasteiger partial charge in [-0.05, 0) is 30.4 Å². The van der Waals surface area contributed by atoms with Crippen molar-refractivity contribution >= 4 is 16.7 Å². The van der Waals surface area contributed by atoms with Gasteiger partial charge >= 0.3 is 0 Å². The lowest BCUT2D eigenvalue weighted by Crippen LogP contribution is -2.53. The maximum absolute atomic E-state index is 10.5. The summed E-state index contributed by atoms with van der Waals surface area (Å²) in [6.07, 6.45) is 1.39. The van der Waals surface area contributed by atoms with Crippen molar-refractivity contribution in [2.75, 3.05) is 7.11 Å². The Morgan fingerprint density at radius 3 is 2.60 bits per heavy atom. The highest BCUT2D eigenvalue weighted by molar-refractivity contribution is 5.91. The first-order valence-corrected chi connectivity index (χ1v) is 6.72. The summed E-state index contributed by atoms with van der Waals surface area (Å²) in [5, 5.41) is 12.6. The normalized spacial score (nSPS) is 12.3. The molecule has 0 bridgehead atoms. The maximum Gasteiger partial charge on any atom is 0.126 e. The van der Waals surface area contributed by atoms with Crippen molar-refractivity contribution in [3.8, 4) is 5.75 Å². The van der Waals surface area contributed by atoms with Crippen molar-refractivity contribution in [2.45, 2.75) is 25.3 Å². The number of hydrogen-bond donors (Lipinski definition) is 1. The van der Waals surface area contributed by atoms with Crippen molar-refractivity contribution in [3.05, 3.63) is 42.0 Å². The summed E-state index contributed by atoms with van der Waals surface area (Å²) < 4.78 is 5.37. The van der Waals surface area contributed by atoms with E-state index >= 15 is 0 Å². The summed E-state index contributed by atoms with van der Waals surface area (Å²) in [6.45, 7) is 0. The van der Waals surface area contributed by atoms with Gasteiger partial charge in [0.25, 0.3) is 0 Å². The summed E-state index contributed by atoms with van der Waals surface area (Å²) in [6, 6.07) is 12.0. The Kier molecular flexibility index (Phi) is 4.58. The highest BCUT2D eigenvalue weighted by atomic mass is 16.5. The molecule has 0 saturated heterocycles. The van der Waals surface area contributed by atoms with Gasteiger partial charge in [0.15, 0.2) is 0 Å². The SMILES string of the molecule is COc1ccc([C@@H]([NH3+])CCCC(=O)[O-])c2ccccc12. The van der Waals surface area contributed by atoms with Crippen LogP contribution >= 0.6 is 0 Å². The average molecular weight is 273 g/mol. The van der Waals surface area contributed by atoms with Crippen molar-refractivity contribution in [2.24, 2.45) is 0 Å². The van der Waals surface area contributed by atoms with Crippen LogP contribution in [0.1, 0.15) is 30.9 Å². The molecule has 106 valence electrons. The summed E-state index contributed by atoms with van der Waals surface area (Å²) >= 11 is 0. The number of fused-ring (bicyclic) bond motifs is 1. The first-order valence-electron chi connectivity index (χ1n) is 6.72. The van der Waals surface area contributed by atoms with Crippen LogP contribution in [0.15, 0.2) is 36.4 Å². The third kappa shape index (κ3) is 3.08. The lowest BCUT2D eigenvalue weighted by Gasteiger charge is -2.14. The molecule has 0 saturated carbocycles. The van der Waals surface area contributed by atoms with Gasteiger partial charge in [-0.25, -0.2) is 0 Å². The molecule has 0 aliphatic rings. The van der Waals surface area contributed by atoms with Crippen molar-refractivity contribution < 1.29 is 20.4 Å². The van der Waals surface area contributed by atoms with E-state index in [1.807, 2.05) is 36.4 Å². The number of carbonyl (C=O) groups is 1. The Morgan fingerprint density at radius 2 is 1.95 bits per heavy atom. The quantitative estimate of drug-likeness (QED) is 0.854. The first-order chi connectivity index (χ1) is 9.63. The number of benzene rings is 2. The van der Waals surface area contributed by atoms with Crippen molar-refractivity contribution in [1.82, 2.24) is 0 Å². The minimum absolute atomic E-state index is 0.0603. The van der Waals surface area contributed by atoms with Gasteiger partial charge < -0.3 is 20.4 Å². The van der Waals surface area contributed by atoms with Crippen LogP contribution in [0.4, 0.5) is 0 Å². The van der Waals surface area contributed by atoms with Gasteiger partial charge in [0.2, 0.25) is 0 Å². The van der Waals surface area contributed by atoms with E-state index in [1.54, 1.807) is 7.11 Å². The number of rotatable bonds is 6. The largest absolute Gasteiger partial charge is 0.550 e. The third-order valence-corrected chi connectivity index (χ3v) is 3.51. The molecule has 4 heteroatoms. The van der Waals surface area contributed by atoms with Crippen LogP contribution in [0.2, 0.25) is 0 Å². The lowest BCUT2D eigenvalue weighted by molar-refractivity contribution is -0.427. The molecule has 2 aromatic rings. The van der Waals surface area contributed by atoms with Gasteiger partial charge in [-0.1, -0.05) is 24.3 Å². The maximum atomic E-state index is 10.5. The molecule has 0 aliphatic carbocycles. The molecule has 0 spiro atoms. The fourth-order valence-electron chi connectivity index (χ4n) is 2.48. The van der Waals surface area contributed by atoms with E-state index in [9.17, 15) is 9.90 Å². The zero-order valence-electron chi connectivity index (χ0n) is 11.6. The van der Waals surface area contributed by atoms with Crippen LogP contribution in [-0.4, -0.2) is 13.1 Å². The van der Waals surface area contributed by atoms with Gasteiger partial charge in [-0.3, -0.25) is 0 Å². The van der Waals surface area contributed by atoms with E-state index in [2.05, 4.69) is 5.73 Å². The van der Waals surface area contributed by atoms with Gasteiger partial charge in [0.1, 0.15) is 11.8 Å². The number of quaternary nitrogens is 1. The second kappa shape index (κ2) is 6.39. The van der Waals surface area contributed by atoms with E-state index < -0.39 is 5.97 Å². The number of carbonyl (C=O) groups excluding carboxylic acids is 1. The topological polar surface area (TPSA) is 77.0 Å². The second-order valence-electron chi connectivity index (χ2n) is 4.86. The molecular weight excluding hydrogens is 254 g/mol. The Bertz CT molecular complexity index is 610. The molecular formula is C16H19NO3. The highest BCUT2D eigenvalue weighted by Gasteiger charge is 2.14. The molecule has 0 fully saturated rings. The summed E-state index contributed by atoms with van der Waals surface area (Å²) in [4.78, 5) is 10.5. The molecule has 2 rings (SSSR count). The van der Waals surface area contributed by atoms with E-state index in [-0.39, 0.29) is 12.5 Å². The number of methoxy groups -OCH3 is 1. The Labute approximate surface area is 118 Å². The lowest BCUT2D eigenvalue weighted by atomic mass is 9.95. The van der Waals surface area contributed by atoms with Crippen molar-refractivity contribution in [3.63, 3.8) is 0 Å². The molecule has 1 atom stereocenters. The molecule has 0 unspecified atom stereocenters. The van der Waals surface area contributed by atoms with Gasteiger partial charge in [0, 0.05) is 23.3 Å². The number of hydrogen-bond acceptors (Lipinski definition) is 3. The van der Waals surface area contributed by atoms with Crippen LogP contribution in [0.5, 0.6) is 5.75 Å². The fraction of sp³-hybridized carbons (Fsp3) is 0.312. The fourth-order valence-corrected chi connectivity index (χ4v) is 2.48. The van der Waals surface area contributed by atoms with Gasteiger partial charge in [0.05, 0.1) is 7.11 Å². The minimum atomic E-state index is -1.00. The Morgan fingerprint density at radius 1 is 1.25 bits per heavy atom. The Balaban J connectivity index is 2.28. The van der Waals surface area contributed by atoms with E-state index in [0.717, 1.165) is 28.5 Å². The molecule has 0 amide bonds. The molecule has 2 aromatic carbocycles. The van der Waals surface area contributed by atoms with Crippen LogP contribution in [0.3, 0.4) is 0 Å². The monoisotopic (exact) mass is 273 g/mol. The molecule has 3 N–H and O–H groups in total. The van der Waals surface area contributed by atoms with Crippen LogP contribution < -0.4 is 15.6 Å². The number of aliphatic carboxylic acids is 1. The molecule has 20 heavy (non-hydrogen) atoms. The smallest absolute Gasteiger partial charge is 0.126 e. The summed E-state index contributed by atoms with van der Waals surface area (Å²) in [5.74, 6) is -0.164. The standard InChI is InChI=1S/C16H19NO3/c1-20-15-10-9-12(11-5-2-3-6-13(11)15)14(17)7-4-8-16(18)19/h2-3,5-6,9-10,14H,4,7-8,17H2,1H3,(H,18,19)/t14-/m0/s1.